The summed E-state index contributed by atoms with van der Waals surface area (Å²) in [5.41, 5.74) is 2.05. The third kappa shape index (κ3) is 3.88. The van der Waals surface area contributed by atoms with Crippen LogP contribution in [-0.2, 0) is 28.7 Å². The minimum Gasteiger partial charge on any atom is -0.334 e. The Balaban J connectivity index is 1.63. The molecule has 0 saturated heterocycles. The van der Waals surface area contributed by atoms with Crippen molar-refractivity contribution in [3.05, 3.63) is 71.9 Å². The van der Waals surface area contributed by atoms with Gasteiger partial charge < -0.3 is 4.57 Å². The summed E-state index contributed by atoms with van der Waals surface area (Å²) in [5, 5.41) is 0. The van der Waals surface area contributed by atoms with E-state index in [1.54, 1.807) is 18.2 Å². The van der Waals surface area contributed by atoms with Crippen LogP contribution in [0, 0.1) is 5.82 Å². The fourth-order valence-electron chi connectivity index (χ4n) is 3.36. The van der Waals surface area contributed by atoms with Crippen molar-refractivity contribution in [3.8, 4) is 11.3 Å². The highest BCUT2D eigenvalue weighted by atomic mass is 32.2. The van der Waals surface area contributed by atoms with Crippen molar-refractivity contribution in [2.24, 2.45) is 0 Å². The lowest BCUT2D eigenvalue weighted by Gasteiger charge is -2.12. The van der Waals surface area contributed by atoms with Crippen LogP contribution < -0.4 is 4.72 Å². The molecule has 1 aliphatic rings. The molecule has 0 unspecified atom stereocenters. The molecule has 0 spiro atoms. The molecule has 2 heterocycles. The van der Waals surface area contributed by atoms with E-state index in [0.717, 1.165) is 42.9 Å². The van der Waals surface area contributed by atoms with E-state index in [9.17, 15) is 12.8 Å². The van der Waals surface area contributed by atoms with Gasteiger partial charge in [-0.05, 0) is 25.0 Å². The number of anilines is 1. The predicted molar refractivity (Wildman–Crippen MR) is 103 cm³/mol. The molecule has 0 atom stereocenters. The highest BCUT2D eigenvalue weighted by Crippen LogP contribution is 2.30. The van der Waals surface area contributed by atoms with Gasteiger partial charge in [-0.3, -0.25) is 4.72 Å². The van der Waals surface area contributed by atoms with Gasteiger partial charge in [0, 0.05) is 30.3 Å². The number of para-hydroxylation sites is 1. The lowest BCUT2D eigenvalue weighted by molar-refractivity contribution is 0.522. The fraction of sp³-hybridized carbons (Fsp3) is 0.250. The van der Waals surface area contributed by atoms with Crippen LogP contribution in [0.2, 0.25) is 0 Å². The second-order valence-electron chi connectivity index (χ2n) is 6.69. The monoisotopic (exact) mass is 385 g/mol. The number of rotatable bonds is 5. The van der Waals surface area contributed by atoms with Gasteiger partial charge in [-0.1, -0.05) is 36.4 Å². The number of benzene rings is 2. The topological polar surface area (TPSA) is 64.0 Å². The third-order valence-electron chi connectivity index (χ3n) is 4.68. The summed E-state index contributed by atoms with van der Waals surface area (Å²) in [7, 11) is -3.77. The van der Waals surface area contributed by atoms with Crippen molar-refractivity contribution >= 4 is 15.7 Å². The molecule has 1 N–H and O–H groups in total. The van der Waals surface area contributed by atoms with E-state index in [0.29, 0.717) is 5.69 Å². The highest BCUT2D eigenvalue weighted by molar-refractivity contribution is 7.91. The summed E-state index contributed by atoms with van der Waals surface area (Å²) in [5.74, 6) is 0.0754. The Labute approximate surface area is 157 Å². The van der Waals surface area contributed by atoms with E-state index in [4.69, 9.17) is 0 Å². The highest BCUT2D eigenvalue weighted by Gasteiger charge is 2.19. The Hall–Kier alpha value is -2.67. The number of nitrogens with one attached hydrogen (secondary N) is 1. The molecule has 4 rings (SSSR count). The molecule has 7 heteroatoms. The molecule has 1 aliphatic heterocycles. The molecule has 2 aromatic carbocycles. The van der Waals surface area contributed by atoms with Crippen molar-refractivity contribution < 1.29 is 12.8 Å². The average Bonchev–Trinajstić information content (AvgIpc) is 3.07. The molecule has 1 aromatic heterocycles. The van der Waals surface area contributed by atoms with Gasteiger partial charge in [-0.15, -0.1) is 0 Å². The van der Waals surface area contributed by atoms with Gasteiger partial charge in [0.1, 0.15) is 11.6 Å². The quantitative estimate of drug-likeness (QED) is 0.723. The van der Waals surface area contributed by atoms with Gasteiger partial charge >= 0.3 is 0 Å². The largest absolute Gasteiger partial charge is 0.334 e. The molecule has 0 saturated carbocycles. The normalized spacial score (nSPS) is 14.0. The molecular weight excluding hydrogens is 365 g/mol. The van der Waals surface area contributed by atoms with Crippen LogP contribution >= 0.6 is 0 Å². The molecule has 0 fully saturated rings. The number of imidazole rings is 1. The van der Waals surface area contributed by atoms with Crippen molar-refractivity contribution in [2.45, 2.75) is 31.6 Å². The minimum atomic E-state index is -3.77. The zero-order valence-corrected chi connectivity index (χ0v) is 15.5. The first-order valence-corrected chi connectivity index (χ1v) is 10.6. The Kier molecular flexibility index (Phi) is 4.70. The zero-order valence-electron chi connectivity index (χ0n) is 14.7. The predicted octanol–water partition coefficient (Wildman–Crippen LogP) is 3.97. The lowest BCUT2D eigenvalue weighted by atomic mass is 10.1. The fourth-order valence-corrected chi connectivity index (χ4v) is 4.59. The number of aromatic nitrogens is 2. The Morgan fingerprint density at radius 2 is 1.85 bits per heavy atom. The van der Waals surface area contributed by atoms with Crippen LogP contribution in [0.25, 0.3) is 11.3 Å². The van der Waals surface area contributed by atoms with Crippen LogP contribution in [0.3, 0.4) is 0 Å². The molecule has 3 aromatic rings. The second-order valence-corrected chi connectivity index (χ2v) is 8.41. The summed E-state index contributed by atoms with van der Waals surface area (Å²) in [6.45, 7) is 0.934. The Morgan fingerprint density at radius 1 is 1.07 bits per heavy atom. The molecule has 140 valence electrons. The number of aryl methyl sites for hydroxylation is 2. The SMILES string of the molecule is O=S(=O)(Cc1ccccc1F)Nc1ccccc1-c1cn2c(n1)CCCC2. The van der Waals surface area contributed by atoms with Gasteiger partial charge in [0.15, 0.2) is 0 Å². The molecule has 5 nitrogen and oxygen atoms in total. The number of hydrogen-bond acceptors (Lipinski definition) is 3. The van der Waals surface area contributed by atoms with Crippen molar-refractivity contribution in [2.75, 3.05) is 4.72 Å². The van der Waals surface area contributed by atoms with Crippen LogP contribution in [0.4, 0.5) is 10.1 Å². The number of hydrogen-bond donors (Lipinski definition) is 1. The number of nitrogens with zero attached hydrogens (tertiary/aromatic N) is 2. The average molecular weight is 385 g/mol. The summed E-state index contributed by atoms with van der Waals surface area (Å²) in [6.07, 6.45) is 5.15. The first kappa shape index (κ1) is 17.7. The zero-order chi connectivity index (χ0) is 18.9. The maximum absolute atomic E-state index is 13.8. The van der Waals surface area contributed by atoms with Crippen LogP contribution in [0.15, 0.2) is 54.7 Å². The van der Waals surface area contributed by atoms with Crippen molar-refractivity contribution in [1.82, 2.24) is 9.55 Å². The summed E-state index contributed by atoms with van der Waals surface area (Å²) in [4.78, 5) is 4.68. The van der Waals surface area contributed by atoms with E-state index < -0.39 is 21.6 Å². The lowest BCUT2D eigenvalue weighted by Crippen LogP contribution is -2.16. The standard InChI is InChI=1S/C20H20FN3O2S/c21-17-9-3-1-7-15(17)14-27(25,26)23-18-10-4-2-8-16(18)19-13-24-12-6-5-11-20(24)22-19/h1-4,7-10,13,23H,5-6,11-12,14H2. The van der Waals surface area contributed by atoms with Crippen molar-refractivity contribution in [3.63, 3.8) is 0 Å². The third-order valence-corrected chi connectivity index (χ3v) is 5.90. The second kappa shape index (κ2) is 7.15. The van der Waals surface area contributed by atoms with Gasteiger partial charge in [-0.25, -0.2) is 17.8 Å². The summed E-state index contributed by atoms with van der Waals surface area (Å²) < 4.78 is 43.7. The van der Waals surface area contributed by atoms with Crippen LogP contribution in [0.1, 0.15) is 24.2 Å². The smallest absolute Gasteiger partial charge is 0.237 e. The van der Waals surface area contributed by atoms with Crippen LogP contribution in [-0.4, -0.2) is 18.0 Å². The summed E-state index contributed by atoms with van der Waals surface area (Å²) in [6, 6.07) is 13.1. The molecular formula is C20H20FN3O2S. The van der Waals surface area contributed by atoms with Gasteiger partial charge in [0.05, 0.1) is 17.1 Å². The van der Waals surface area contributed by atoms with E-state index in [2.05, 4.69) is 14.3 Å². The van der Waals surface area contributed by atoms with Gasteiger partial charge in [-0.2, -0.15) is 0 Å². The van der Waals surface area contributed by atoms with E-state index in [1.165, 1.54) is 18.2 Å². The number of fused-ring (bicyclic) bond motifs is 1. The maximum Gasteiger partial charge on any atom is 0.237 e. The van der Waals surface area contributed by atoms with Crippen molar-refractivity contribution in [1.29, 1.82) is 0 Å². The number of sulfonamides is 1. The Bertz CT molecular complexity index is 1050. The summed E-state index contributed by atoms with van der Waals surface area (Å²) >= 11 is 0. The molecule has 27 heavy (non-hydrogen) atoms. The molecule has 0 amide bonds. The van der Waals surface area contributed by atoms with E-state index in [-0.39, 0.29) is 5.56 Å². The first-order chi connectivity index (χ1) is 13.0. The minimum absolute atomic E-state index is 0.139. The molecule has 0 radical (unpaired) electrons. The first-order valence-electron chi connectivity index (χ1n) is 8.91. The van der Waals surface area contributed by atoms with Crippen LogP contribution in [0.5, 0.6) is 0 Å². The maximum atomic E-state index is 13.8. The molecule has 0 bridgehead atoms. The van der Waals surface area contributed by atoms with Gasteiger partial charge in [0.25, 0.3) is 0 Å². The molecule has 0 aliphatic carbocycles. The van der Waals surface area contributed by atoms with E-state index in [1.807, 2.05) is 18.3 Å². The van der Waals surface area contributed by atoms with Gasteiger partial charge in [0.2, 0.25) is 10.0 Å². The number of halogens is 1. The van der Waals surface area contributed by atoms with E-state index >= 15 is 0 Å². The Morgan fingerprint density at radius 3 is 2.67 bits per heavy atom.